The number of fused-ring (bicyclic) bond motifs is 1. The normalized spacial score (nSPS) is 11.0. The lowest BCUT2D eigenvalue weighted by Crippen LogP contribution is -2.37. The van der Waals surface area contributed by atoms with Gasteiger partial charge in [-0.15, -0.1) is 0 Å². The molecule has 134 valence electrons. The van der Waals surface area contributed by atoms with Gasteiger partial charge < -0.3 is 5.32 Å². The van der Waals surface area contributed by atoms with Crippen LogP contribution < -0.4 is 16.6 Å². The Bertz CT molecular complexity index is 1180. The van der Waals surface area contributed by atoms with Crippen molar-refractivity contribution in [3.63, 3.8) is 0 Å². The average molecular weight is 438 g/mol. The van der Waals surface area contributed by atoms with Crippen LogP contribution in [0, 0.1) is 6.92 Å². The highest BCUT2D eigenvalue weighted by molar-refractivity contribution is 9.10. The van der Waals surface area contributed by atoms with Gasteiger partial charge in [0.2, 0.25) is 0 Å². The Balaban J connectivity index is 2.24. The van der Waals surface area contributed by atoms with Crippen molar-refractivity contribution in [1.82, 2.24) is 14.1 Å². The number of pyridine rings is 1. The molecule has 9 heteroatoms. The molecule has 2 aromatic heterocycles. The number of aromatic nitrogens is 3. The van der Waals surface area contributed by atoms with Gasteiger partial charge in [-0.05, 0) is 30.7 Å². The van der Waals surface area contributed by atoms with Gasteiger partial charge in [-0.2, -0.15) is 0 Å². The first-order valence-electron chi connectivity index (χ1n) is 7.54. The summed E-state index contributed by atoms with van der Waals surface area (Å²) in [7, 11) is 2.90. The summed E-state index contributed by atoms with van der Waals surface area (Å²) in [5.41, 5.74) is 0.312. The smallest absolute Gasteiger partial charge is 0.321 e. The molecule has 0 aliphatic rings. The van der Waals surface area contributed by atoms with Crippen LogP contribution in [0.15, 0.2) is 38.5 Å². The molecule has 3 aromatic rings. The van der Waals surface area contributed by atoms with Crippen molar-refractivity contribution in [3.8, 4) is 0 Å². The second-order valence-corrected chi connectivity index (χ2v) is 7.12. The van der Waals surface area contributed by atoms with E-state index in [1.54, 1.807) is 25.1 Å². The first-order valence-corrected chi connectivity index (χ1v) is 8.71. The molecule has 1 N–H and O–H groups in total. The van der Waals surface area contributed by atoms with Crippen LogP contribution in [0.3, 0.4) is 0 Å². The second kappa shape index (κ2) is 6.69. The standard InChI is InChI=1S/C17H14BrClN4O3/c1-8-7-20-14-12(16(25)23(3)17(26)22(14)2)13(8)21-15(24)10-6-9(18)4-5-11(10)19/h4-7H,1-3H3,(H,20,21,24). The summed E-state index contributed by atoms with van der Waals surface area (Å²) in [6, 6.07) is 4.91. The number of hydrogen-bond donors (Lipinski definition) is 1. The van der Waals surface area contributed by atoms with Crippen molar-refractivity contribution in [2.75, 3.05) is 5.32 Å². The van der Waals surface area contributed by atoms with E-state index in [2.05, 4.69) is 26.2 Å². The van der Waals surface area contributed by atoms with Crippen LogP contribution in [0.25, 0.3) is 11.0 Å². The number of nitrogens with one attached hydrogen (secondary N) is 1. The molecule has 1 aromatic carbocycles. The number of nitrogens with zero attached hydrogens (tertiary/aromatic N) is 3. The molecule has 0 bridgehead atoms. The molecule has 0 spiro atoms. The van der Waals surface area contributed by atoms with Crippen LogP contribution in [-0.2, 0) is 14.1 Å². The molecular weight excluding hydrogens is 424 g/mol. The highest BCUT2D eigenvalue weighted by Gasteiger charge is 2.19. The average Bonchev–Trinajstić information content (AvgIpc) is 2.61. The molecule has 0 saturated heterocycles. The minimum absolute atomic E-state index is 0.161. The number of rotatable bonds is 2. The van der Waals surface area contributed by atoms with Crippen molar-refractivity contribution in [2.45, 2.75) is 6.92 Å². The summed E-state index contributed by atoms with van der Waals surface area (Å²) in [6.07, 6.45) is 1.50. The fourth-order valence-electron chi connectivity index (χ4n) is 2.64. The van der Waals surface area contributed by atoms with Gasteiger partial charge in [-0.3, -0.25) is 18.7 Å². The highest BCUT2D eigenvalue weighted by atomic mass is 79.9. The second-order valence-electron chi connectivity index (χ2n) is 5.80. The molecule has 3 rings (SSSR count). The van der Waals surface area contributed by atoms with Crippen LogP contribution in [0.1, 0.15) is 15.9 Å². The minimum Gasteiger partial charge on any atom is -0.321 e. The molecule has 26 heavy (non-hydrogen) atoms. The minimum atomic E-state index is -0.532. The fraction of sp³-hybridized carbons (Fsp3) is 0.176. The number of amides is 1. The summed E-state index contributed by atoms with van der Waals surface area (Å²) >= 11 is 9.42. The van der Waals surface area contributed by atoms with Gasteiger partial charge in [0, 0.05) is 24.8 Å². The van der Waals surface area contributed by atoms with Crippen LogP contribution in [0.5, 0.6) is 0 Å². The SMILES string of the molecule is Cc1cnc2c(c1NC(=O)c1cc(Br)ccc1Cl)c(=O)n(C)c(=O)n2C. The van der Waals surface area contributed by atoms with E-state index in [4.69, 9.17) is 11.6 Å². The van der Waals surface area contributed by atoms with E-state index >= 15 is 0 Å². The van der Waals surface area contributed by atoms with Crippen molar-refractivity contribution in [3.05, 3.63) is 65.9 Å². The zero-order valence-electron chi connectivity index (χ0n) is 14.1. The molecule has 0 saturated carbocycles. The van der Waals surface area contributed by atoms with Crippen molar-refractivity contribution >= 4 is 50.2 Å². The highest BCUT2D eigenvalue weighted by Crippen LogP contribution is 2.25. The van der Waals surface area contributed by atoms with Gasteiger partial charge in [0.05, 0.1) is 16.3 Å². The number of hydrogen-bond acceptors (Lipinski definition) is 4. The van der Waals surface area contributed by atoms with Crippen LogP contribution in [0.4, 0.5) is 5.69 Å². The number of benzene rings is 1. The maximum absolute atomic E-state index is 12.7. The predicted molar refractivity (Wildman–Crippen MR) is 104 cm³/mol. The maximum Gasteiger partial charge on any atom is 0.332 e. The van der Waals surface area contributed by atoms with Crippen LogP contribution in [0.2, 0.25) is 5.02 Å². The van der Waals surface area contributed by atoms with Gasteiger partial charge >= 0.3 is 5.69 Å². The molecule has 2 heterocycles. The van der Waals surface area contributed by atoms with Crippen molar-refractivity contribution < 1.29 is 4.79 Å². The van der Waals surface area contributed by atoms with E-state index in [0.29, 0.717) is 15.7 Å². The van der Waals surface area contributed by atoms with E-state index < -0.39 is 17.2 Å². The Morgan fingerprint density at radius 1 is 1.23 bits per heavy atom. The van der Waals surface area contributed by atoms with Gasteiger partial charge in [0.25, 0.3) is 11.5 Å². The molecular formula is C17H14BrClN4O3. The van der Waals surface area contributed by atoms with E-state index in [1.807, 2.05) is 0 Å². The number of carbonyl (C=O) groups is 1. The summed E-state index contributed by atoms with van der Waals surface area (Å²) in [5, 5.41) is 3.18. The van der Waals surface area contributed by atoms with Crippen molar-refractivity contribution in [2.24, 2.45) is 14.1 Å². The third kappa shape index (κ3) is 2.95. The molecule has 0 unspecified atom stereocenters. The number of aryl methyl sites for hydroxylation is 2. The maximum atomic E-state index is 12.7. The Labute approximate surface area is 161 Å². The lowest BCUT2D eigenvalue weighted by Gasteiger charge is -2.14. The molecule has 0 aliphatic heterocycles. The lowest BCUT2D eigenvalue weighted by molar-refractivity contribution is 0.102. The number of halogens is 2. The quantitative estimate of drug-likeness (QED) is 0.668. The first-order chi connectivity index (χ1) is 12.2. The Hall–Kier alpha value is -2.45. The van der Waals surface area contributed by atoms with Gasteiger partial charge in [0.15, 0.2) is 5.65 Å². The van der Waals surface area contributed by atoms with Gasteiger partial charge in [-0.1, -0.05) is 27.5 Å². The number of anilines is 1. The predicted octanol–water partition coefficient (Wildman–Crippen LogP) is 2.61. The summed E-state index contributed by atoms with van der Waals surface area (Å²) in [5.74, 6) is -0.470. The topological polar surface area (TPSA) is 86.0 Å². The van der Waals surface area contributed by atoms with Crippen molar-refractivity contribution in [1.29, 1.82) is 0 Å². The molecule has 7 nitrogen and oxygen atoms in total. The Kier molecular flexibility index (Phi) is 4.72. The van der Waals surface area contributed by atoms with E-state index in [1.165, 1.54) is 24.9 Å². The summed E-state index contributed by atoms with van der Waals surface area (Å²) in [6.45, 7) is 1.72. The van der Waals surface area contributed by atoms with E-state index in [-0.39, 0.29) is 21.6 Å². The Morgan fingerprint density at radius 2 is 1.92 bits per heavy atom. The van der Waals surface area contributed by atoms with Crippen LogP contribution in [-0.4, -0.2) is 20.0 Å². The third-order valence-electron chi connectivity index (χ3n) is 4.07. The molecule has 1 amide bonds. The third-order valence-corrected chi connectivity index (χ3v) is 4.89. The fourth-order valence-corrected chi connectivity index (χ4v) is 3.20. The zero-order chi connectivity index (χ0) is 19.2. The molecule has 0 aliphatic carbocycles. The van der Waals surface area contributed by atoms with Crippen LogP contribution >= 0.6 is 27.5 Å². The molecule has 0 fully saturated rings. The zero-order valence-corrected chi connectivity index (χ0v) is 16.5. The van der Waals surface area contributed by atoms with Gasteiger partial charge in [0.1, 0.15) is 5.39 Å². The largest absolute Gasteiger partial charge is 0.332 e. The molecule has 0 atom stereocenters. The van der Waals surface area contributed by atoms with Gasteiger partial charge in [-0.25, -0.2) is 9.78 Å². The molecule has 0 radical (unpaired) electrons. The Morgan fingerprint density at radius 3 is 2.62 bits per heavy atom. The first kappa shape index (κ1) is 18.3. The summed E-state index contributed by atoms with van der Waals surface area (Å²) in [4.78, 5) is 41.6. The lowest BCUT2D eigenvalue weighted by atomic mass is 10.1. The number of carbonyl (C=O) groups excluding carboxylic acids is 1. The monoisotopic (exact) mass is 436 g/mol. The van der Waals surface area contributed by atoms with E-state index in [0.717, 1.165) is 4.57 Å². The summed E-state index contributed by atoms with van der Waals surface area (Å²) < 4.78 is 2.94. The van der Waals surface area contributed by atoms with E-state index in [9.17, 15) is 14.4 Å².